The molecule has 0 bridgehead atoms. The minimum absolute atomic E-state index is 0.0272. The fourth-order valence-electron chi connectivity index (χ4n) is 2.56. The first kappa shape index (κ1) is 22.7. The summed E-state index contributed by atoms with van der Waals surface area (Å²) in [7, 11) is -2.28. The molecule has 0 spiro atoms. The maximum atomic E-state index is 13.0. The van der Waals surface area contributed by atoms with Crippen LogP contribution in [0.15, 0.2) is 48.5 Å². The summed E-state index contributed by atoms with van der Waals surface area (Å²) in [6, 6.07) is 10.3. The quantitative estimate of drug-likeness (QED) is 0.600. The highest BCUT2D eigenvalue weighted by Gasteiger charge is 2.31. The van der Waals surface area contributed by atoms with Crippen molar-refractivity contribution in [1.29, 1.82) is 0 Å². The number of rotatable bonds is 8. The summed E-state index contributed by atoms with van der Waals surface area (Å²) in [4.78, 5) is 14.1. The fourth-order valence-corrected chi connectivity index (χ4v) is 3.01. The number of benzene rings is 2. The number of carbonyl (C=O) groups excluding carboxylic acids is 1. The standard InChI is InChI=1S/C19H20F3NO5S/c1-27-10-9-23(13-14-5-3-8-17(11-14)28-29(2,25)26)18(24)15-6-4-7-16(12-15)19(20,21)22/h3-8,11-12H,9-10,13H2,1-2H3. The molecule has 2 aromatic carbocycles. The van der Waals surface area contributed by atoms with Crippen molar-refractivity contribution in [2.24, 2.45) is 0 Å². The van der Waals surface area contributed by atoms with Gasteiger partial charge in [-0.25, -0.2) is 0 Å². The lowest BCUT2D eigenvalue weighted by Gasteiger charge is -2.23. The third-order valence-electron chi connectivity index (χ3n) is 3.81. The van der Waals surface area contributed by atoms with E-state index in [1.165, 1.54) is 36.3 Å². The van der Waals surface area contributed by atoms with Gasteiger partial charge in [-0.05, 0) is 35.9 Å². The normalized spacial score (nSPS) is 11.9. The van der Waals surface area contributed by atoms with Crippen molar-refractivity contribution < 1.29 is 35.3 Å². The Morgan fingerprint density at radius 1 is 1.10 bits per heavy atom. The van der Waals surface area contributed by atoms with Gasteiger partial charge in [-0.15, -0.1) is 0 Å². The summed E-state index contributed by atoms with van der Waals surface area (Å²) in [5, 5.41) is 0. The molecule has 0 aliphatic heterocycles. The van der Waals surface area contributed by atoms with Gasteiger partial charge in [-0.2, -0.15) is 21.6 Å². The van der Waals surface area contributed by atoms with Crippen LogP contribution < -0.4 is 4.18 Å². The molecule has 0 aliphatic carbocycles. The molecule has 0 saturated heterocycles. The average molecular weight is 431 g/mol. The molecule has 0 saturated carbocycles. The van der Waals surface area contributed by atoms with E-state index in [1.54, 1.807) is 12.1 Å². The first-order chi connectivity index (χ1) is 13.5. The van der Waals surface area contributed by atoms with E-state index >= 15 is 0 Å². The maximum Gasteiger partial charge on any atom is 0.416 e. The molecule has 2 rings (SSSR count). The summed E-state index contributed by atoms with van der Waals surface area (Å²) < 4.78 is 71.2. The average Bonchev–Trinajstić information content (AvgIpc) is 2.63. The molecule has 0 aromatic heterocycles. The third-order valence-corrected chi connectivity index (χ3v) is 4.30. The molecule has 6 nitrogen and oxygen atoms in total. The van der Waals surface area contributed by atoms with Crippen molar-refractivity contribution in [3.05, 3.63) is 65.2 Å². The van der Waals surface area contributed by atoms with Gasteiger partial charge in [0.05, 0.1) is 18.4 Å². The number of amides is 1. The first-order valence-corrected chi connectivity index (χ1v) is 10.2. The molecular formula is C19H20F3NO5S. The number of halogens is 3. The SMILES string of the molecule is COCCN(Cc1cccc(OS(C)(=O)=O)c1)C(=O)c1cccc(C(F)(F)F)c1. The number of hydrogen-bond donors (Lipinski definition) is 0. The van der Waals surface area contributed by atoms with Gasteiger partial charge in [-0.3, -0.25) is 4.79 Å². The largest absolute Gasteiger partial charge is 0.416 e. The second kappa shape index (κ2) is 9.27. The molecule has 0 fully saturated rings. The van der Waals surface area contributed by atoms with Crippen LogP contribution in [0.3, 0.4) is 0 Å². The molecule has 158 valence electrons. The highest BCUT2D eigenvalue weighted by molar-refractivity contribution is 7.86. The smallest absolute Gasteiger partial charge is 0.383 e. The molecule has 2 aromatic rings. The lowest BCUT2D eigenvalue weighted by molar-refractivity contribution is -0.137. The van der Waals surface area contributed by atoms with Gasteiger partial charge in [0.25, 0.3) is 5.91 Å². The van der Waals surface area contributed by atoms with Gasteiger partial charge in [0.15, 0.2) is 0 Å². The van der Waals surface area contributed by atoms with E-state index in [4.69, 9.17) is 8.92 Å². The van der Waals surface area contributed by atoms with Crippen LogP contribution in [0.4, 0.5) is 13.2 Å². The Morgan fingerprint density at radius 3 is 2.41 bits per heavy atom. The number of hydrogen-bond acceptors (Lipinski definition) is 5. The summed E-state index contributed by atoms with van der Waals surface area (Å²) in [5.74, 6) is -0.536. The van der Waals surface area contributed by atoms with Gasteiger partial charge in [0, 0.05) is 25.8 Å². The van der Waals surface area contributed by atoms with Crippen molar-refractivity contribution >= 4 is 16.0 Å². The van der Waals surface area contributed by atoms with E-state index in [0.717, 1.165) is 18.4 Å². The van der Waals surface area contributed by atoms with Crippen LogP contribution in [-0.2, 0) is 27.6 Å². The van der Waals surface area contributed by atoms with Crippen LogP contribution in [0.5, 0.6) is 5.75 Å². The Labute approximate surface area is 167 Å². The van der Waals surface area contributed by atoms with Crippen molar-refractivity contribution in [3.8, 4) is 5.75 Å². The number of nitrogens with zero attached hydrogens (tertiary/aromatic N) is 1. The summed E-state index contributed by atoms with van der Waals surface area (Å²) >= 11 is 0. The second-order valence-corrected chi connectivity index (χ2v) is 7.81. The lowest BCUT2D eigenvalue weighted by atomic mass is 10.1. The second-order valence-electron chi connectivity index (χ2n) is 6.23. The Balaban J connectivity index is 2.28. The topological polar surface area (TPSA) is 72.9 Å². The molecule has 29 heavy (non-hydrogen) atoms. The molecule has 1 amide bonds. The van der Waals surface area contributed by atoms with Crippen molar-refractivity contribution in [2.75, 3.05) is 26.5 Å². The number of alkyl halides is 3. The zero-order chi connectivity index (χ0) is 21.7. The monoisotopic (exact) mass is 431 g/mol. The van der Waals surface area contributed by atoms with E-state index in [1.807, 2.05) is 0 Å². The maximum absolute atomic E-state index is 13.0. The van der Waals surface area contributed by atoms with Crippen LogP contribution >= 0.6 is 0 Å². The lowest BCUT2D eigenvalue weighted by Crippen LogP contribution is -2.33. The fraction of sp³-hybridized carbons (Fsp3) is 0.316. The zero-order valence-corrected chi connectivity index (χ0v) is 16.6. The minimum Gasteiger partial charge on any atom is -0.383 e. The van der Waals surface area contributed by atoms with Gasteiger partial charge < -0.3 is 13.8 Å². The number of methoxy groups -OCH3 is 1. The molecule has 0 unspecified atom stereocenters. The highest BCUT2D eigenvalue weighted by Crippen LogP contribution is 2.30. The Bertz CT molecular complexity index is 960. The zero-order valence-electron chi connectivity index (χ0n) is 15.8. The number of carbonyl (C=O) groups is 1. The predicted molar refractivity (Wildman–Crippen MR) is 100.0 cm³/mol. The molecular weight excluding hydrogens is 411 g/mol. The highest BCUT2D eigenvalue weighted by atomic mass is 32.2. The minimum atomic E-state index is -4.56. The van der Waals surface area contributed by atoms with E-state index in [2.05, 4.69) is 0 Å². The van der Waals surface area contributed by atoms with Crippen LogP contribution in [-0.4, -0.2) is 45.7 Å². The number of ether oxygens (including phenoxy) is 1. The summed E-state index contributed by atoms with van der Waals surface area (Å²) in [6.45, 7) is 0.326. The predicted octanol–water partition coefficient (Wildman–Crippen LogP) is 3.33. The van der Waals surface area contributed by atoms with Crippen LogP contribution in [0.1, 0.15) is 21.5 Å². The van der Waals surface area contributed by atoms with Crippen LogP contribution in [0.2, 0.25) is 0 Å². The van der Waals surface area contributed by atoms with Crippen molar-refractivity contribution in [1.82, 2.24) is 4.90 Å². The van der Waals surface area contributed by atoms with Gasteiger partial charge >= 0.3 is 16.3 Å². The molecule has 0 atom stereocenters. The van der Waals surface area contributed by atoms with Crippen LogP contribution in [0.25, 0.3) is 0 Å². The Morgan fingerprint density at radius 2 is 1.79 bits per heavy atom. The first-order valence-electron chi connectivity index (χ1n) is 8.43. The molecule has 0 aliphatic rings. The molecule has 0 N–H and O–H groups in total. The van der Waals surface area contributed by atoms with Gasteiger partial charge in [0.2, 0.25) is 0 Å². The third kappa shape index (κ3) is 7.06. The van der Waals surface area contributed by atoms with Crippen molar-refractivity contribution in [2.45, 2.75) is 12.7 Å². The Hall–Kier alpha value is -2.59. The van der Waals surface area contributed by atoms with E-state index in [-0.39, 0.29) is 31.0 Å². The molecule has 0 heterocycles. The van der Waals surface area contributed by atoms with Gasteiger partial charge in [0.1, 0.15) is 5.75 Å². The van der Waals surface area contributed by atoms with Crippen molar-refractivity contribution in [3.63, 3.8) is 0 Å². The summed E-state index contributed by atoms with van der Waals surface area (Å²) in [5.41, 5.74) is -0.486. The summed E-state index contributed by atoms with van der Waals surface area (Å²) in [6.07, 6.45) is -3.66. The van der Waals surface area contributed by atoms with E-state index in [0.29, 0.717) is 5.56 Å². The van der Waals surface area contributed by atoms with Gasteiger partial charge in [-0.1, -0.05) is 18.2 Å². The molecule has 10 heteroatoms. The van der Waals surface area contributed by atoms with E-state index in [9.17, 15) is 26.4 Å². The van der Waals surface area contributed by atoms with E-state index < -0.39 is 27.8 Å². The Kier molecular flexibility index (Phi) is 7.26. The van der Waals surface area contributed by atoms with Crippen LogP contribution in [0, 0.1) is 0 Å². The molecule has 0 radical (unpaired) electrons.